The lowest BCUT2D eigenvalue weighted by Crippen LogP contribution is -2.43. The van der Waals surface area contributed by atoms with E-state index in [9.17, 15) is 4.79 Å². The second-order valence-electron chi connectivity index (χ2n) is 6.02. The maximum atomic E-state index is 12.4. The Bertz CT molecular complexity index is 684. The second-order valence-corrected chi connectivity index (χ2v) is 6.02. The zero-order valence-electron chi connectivity index (χ0n) is 14.5. The Labute approximate surface area is 148 Å². The van der Waals surface area contributed by atoms with Crippen LogP contribution in [0.5, 0.6) is 5.75 Å². The topological polar surface area (TPSA) is 50.8 Å². The Morgan fingerprint density at radius 2 is 1.92 bits per heavy atom. The van der Waals surface area contributed by atoms with Crippen LogP contribution in [0.2, 0.25) is 0 Å². The lowest BCUT2D eigenvalue weighted by molar-refractivity contribution is 0.0162. The van der Waals surface area contributed by atoms with Crippen molar-refractivity contribution in [1.29, 1.82) is 0 Å². The number of methoxy groups -OCH3 is 1. The van der Waals surface area contributed by atoms with Gasteiger partial charge in [-0.05, 0) is 29.8 Å². The van der Waals surface area contributed by atoms with Crippen molar-refractivity contribution < 1.29 is 14.3 Å². The molecule has 0 spiro atoms. The van der Waals surface area contributed by atoms with E-state index in [1.165, 1.54) is 0 Å². The summed E-state index contributed by atoms with van der Waals surface area (Å²) in [7, 11) is 1.67. The van der Waals surface area contributed by atoms with Crippen molar-refractivity contribution >= 4 is 5.91 Å². The number of benzene rings is 2. The van der Waals surface area contributed by atoms with Crippen LogP contribution in [0, 0.1) is 0 Å². The van der Waals surface area contributed by atoms with Crippen molar-refractivity contribution in [2.45, 2.75) is 6.04 Å². The van der Waals surface area contributed by atoms with E-state index >= 15 is 0 Å². The zero-order chi connectivity index (χ0) is 17.5. The molecule has 1 fully saturated rings. The van der Waals surface area contributed by atoms with Crippen molar-refractivity contribution in [2.24, 2.45) is 0 Å². The standard InChI is InChI=1S/C20H24N2O3/c1-24-18-9-5-8-17(14-18)19(22-10-12-25-13-11-22)15-21-20(23)16-6-3-2-4-7-16/h2-9,14,19H,10-13,15H2,1H3,(H,21,23)/t19-/m0/s1. The number of ether oxygens (including phenoxy) is 2. The summed E-state index contributed by atoms with van der Waals surface area (Å²) < 4.78 is 10.8. The minimum Gasteiger partial charge on any atom is -0.497 e. The highest BCUT2D eigenvalue weighted by molar-refractivity contribution is 5.94. The summed E-state index contributed by atoms with van der Waals surface area (Å²) in [5, 5.41) is 3.07. The molecule has 5 heteroatoms. The van der Waals surface area contributed by atoms with Crippen LogP contribution in [0.3, 0.4) is 0 Å². The highest BCUT2D eigenvalue weighted by atomic mass is 16.5. The average Bonchev–Trinajstić information content (AvgIpc) is 2.69. The predicted molar refractivity (Wildman–Crippen MR) is 96.9 cm³/mol. The van der Waals surface area contributed by atoms with Gasteiger partial charge in [-0.2, -0.15) is 0 Å². The molecule has 0 aliphatic carbocycles. The molecule has 0 unspecified atom stereocenters. The van der Waals surface area contributed by atoms with E-state index in [4.69, 9.17) is 9.47 Å². The molecule has 2 aromatic rings. The molecule has 1 N–H and O–H groups in total. The molecule has 1 amide bonds. The van der Waals surface area contributed by atoms with E-state index in [-0.39, 0.29) is 11.9 Å². The van der Waals surface area contributed by atoms with Gasteiger partial charge in [-0.3, -0.25) is 9.69 Å². The van der Waals surface area contributed by atoms with Crippen molar-refractivity contribution in [3.8, 4) is 5.75 Å². The first-order valence-electron chi connectivity index (χ1n) is 8.57. The lowest BCUT2D eigenvalue weighted by Gasteiger charge is -2.35. The fraction of sp³-hybridized carbons (Fsp3) is 0.350. The quantitative estimate of drug-likeness (QED) is 0.878. The maximum Gasteiger partial charge on any atom is 0.251 e. The van der Waals surface area contributed by atoms with Gasteiger partial charge in [-0.25, -0.2) is 0 Å². The fourth-order valence-corrected chi connectivity index (χ4v) is 3.08. The zero-order valence-corrected chi connectivity index (χ0v) is 14.5. The summed E-state index contributed by atoms with van der Waals surface area (Å²) in [5.41, 5.74) is 1.81. The molecule has 1 heterocycles. The first-order chi connectivity index (χ1) is 12.3. The van der Waals surface area contributed by atoms with Gasteiger partial charge in [0, 0.05) is 25.2 Å². The summed E-state index contributed by atoms with van der Waals surface area (Å²) in [4.78, 5) is 14.8. The number of carbonyl (C=O) groups is 1. The summed E-state index contributed by atoms with van der Waals surface area (Å²) >= 11 is 0. The van der Waals surface area contributed by atoms with Crippen molar-refractivity contribution in [3.63, 3.8) is 0 Å². The van der Waals surface area contributed by atoms with Gasteiger partial charge < -0.3 is 14.8 Å². The minimum absolute atomic E-state index is 0.0539. The number of hydrogen-bond acceptors (Lipinski definition) is 4. The van der Waals surface area contributed by atoms with E-state index in [2.05, 4.69) is 16.3 Å². The van der Waals surface area contributed by atoms with E-state index in [1.807, 2.05) is 48.5 Å². The third-order valence-corrected chi connectivity index (χ3v) is 4.46. The third-order valence-electron chi connectivity index (χ3n) is 4.46. The van der Waals surface area contributed by atoms with E-state index in [0.29, 0.717) is 25.3 Å². The number of hydrogen-bond donors (Lipinski definition) is 1. The van der Waals surface area contributed by atoms with Crippen LogP contribution in [0.25, 0.3) is 0 Å². The van der Waals surface area contributed by atoms with Crippen molar-refractivity contribution in [1.82, 2.24) is 10.2 Å². The first-order valence-corrected chi connectivity index (χ1v) is 8.57. The Hall–Kier alpha value is -2.37. The fourth-order valence-electron chi connectivity index (χ4n) is 3.08. The highest BCUT2D eigenvalue weighted by Gasteiger charge is 2.23. The van der Waals surface area contributed by atoms with Crippen molar-refractivity contribution in [3.05, 3.63) is 65.7 Å². The van der Waals surface area contributed by atoms with Gasteiger partial charge in [0.1, 0.15) is 5.75 Å². The van der Waals surface area contributed by atoms with Gasteiger partial charge in [0.2, 0.25) is 0 Å². The van der Waals surface area contributed by atoms with Gasteiger partial charge in [0.25, 0.3) is 5.91 Å². The molecule has 1 aliphatic rings. The van der Waals surface area contributed by atoms with Crippen LogP contribution < -0.4 is 10.1 Å². The molecule has 1 saturated heterocycles. The van der Waals surface area contributed by atoms with E-state index in [1.54, 1.807) is 7.11 Å². The van der Waals surface area contributed by atoms with Crippen LogP contribution in [0.1, 0.15) is 22.0 Å². The molecular formula is C20H24N2O3. The van der Waals surface area contributed by atoms with Crippen LogP contribution in [0.15, 0.2) is 54.6 Å². The smallest absolute Gasteiger partial charge is 0.251 e. The summed E-state index contributed by atoms with van der Waals surface area (Å²) in [5.74, 6) is 0.770. The molecule has 132 valence electrons. The van der Waals surface area contributed by atoms with E-state index in [0.717, 1.165) is 24.4 Å². The normalized spacial score (nSPS) is 16.2. The van der Waals surface area contributed by atoms with Gasteiger partial charge in [-0.15, -0.1) is 0 Å². The molecule has 0 aromatic heterocycles. The molecule has 2 aromatic carbocycles. The van der Waals surface area contributed by atoms with E-state index < -0.39 is 0 Å². The molecule has 0 saturated carbocycles. The number of amides is 1. The largest absolute Gasteiger partial charge is 0.497 e. The molecule has 5 nitrogen and oxygen atoms in total. The molecule has 1 aliphatic heterocycles. The molecular weight excluding hydrogens is 316 g/mol. The Kier molecular flexibility index (Phi) is 6.04. The number of morpholine rings is 1. The van der Waals surface area contributed by atoms with Gasteiger partial charge in [0.15, 0.2) is 0 Å². The minimum atomic E-state index is -0.0539. The summed E-state index contributed by atoms with van der Waals surface area (Å²) in [6.07, 6.45) is 0. The first kappa shape index (κ1) is 17.5. The SMILES string of the molecule is COc1cccc([C@H](CNC(=O)c2ccccc2)N2CCOCC2)c1. The maximum absolute atomic E-state index is 12.4. The number of rotatable bonds is 6. The van der Waals surface area contributed by atoms with Crippen LogP contribution >= 0.6 is 0 Å². The molecule has 1 atom stereocenters. The van der Waals surface area contributed by atoms with Crippen molar-refractivity contribution in [2.75, 3.05) is 40.0 Å². The van der Waals surface area contributed by atoms with Crippen LogP contribution in [0.4, 0.5) is 0 Å². The Morgan fingerprint density at radius 3 is 2.64 bits per heavy atom. The summed E-state index contributed by atoms with van der Waals surface area (Å²) in [6, 6.07) is 17.4. The second kappa shape index (κ2) is 8.65. The molecule has 0 bridgehead atoms. The van der Waals surface area contributed by atoms with Gasteiger partial charge >= 0.3 is 0 Å². The van der Waals surface area contributed by atoms with Gasteiger partial charge in [0.05, 0.1) is 26.4 Å². The lowest BCUT2D eigenvalue weighted by atomic mass is 10.0. The number of nitrogens with one attached hydrogen (secondary N) is 1. The highest BCUT2D eigenvalue weighted by Crippen LogP contribution is 2.24. The Balaban J connectivity index is 1.75. The summed E-state index contributed by atoms with van der Waals surface area (Å²) in [6.45, 7) is 3.67. The molecule has 3 rings (SSSR count). The number of carbonyl (C=O) groups excluding carboxylic acids is 1. The number of nitrogens with zero attached hydrogens (tertiary/aromatic N) is 1. The predicted octanol–water partition coefficient (Wildman–Crippen LogP) is 2.50. The van der Waals surface area contributed by atoms with Gasteiger partial charge in [-0.1, -0.05) is 30.3 Å². The van der Waals surface area contributed by atoms with Crippen LogP contribution in [-0.2, 0) is 4.74 Å². The monoisotopic (exact) mass is 340 g/mol. The third kappa shape index (κ3) is 4.59. The average molecular weight is 340 g/mol. The molecule has 25 heavy (non-hydrogen) atoms. The molecule has 0 radical (unpaired) electrons. The van der Waals surface area contributed by atoms with Crippen LogP contribution in [-0.4, -0.2) is 50.8 Å². The Morgan fingerprint density at radius 1 is 1.16 bits per heavy atom.